The van der Waals surface area contributed by atoms with Crippen molar-refractivity contribution in [3.8, 4) is 17.3 Å². The van der Waals surface area contributed by atoms with E-state index >= 15 is 0 Å². The van der Waals surface area contributed by atoms with Gasteiger partial charge in [0.2, 0.25) is 5.88 Å². The molecule has 1 aromatic heterocycles. The van der Waals surface area contributed by atoms with Gasteiger partial charge in [-0.25, -0.2) is 0 Å². The molecule has 4 heteroatoms. The minimum atomic E-state index is -0.220. The summed E-state index contributed by atoms with van der Waals surface area (Å²) in [6.45, 7) is 2.01. The van der Waals surface area contributed by atoms with Crippen molar-refractivity contribution >= 4 is 0 Å². The van der Waals surface area contributed by atoms with Crippen molar-refractivity contribution in [3.05, 3.63) is 46.2 Å². The number of hydrogen-bond donors (Lipinski definition) is 1. The predicted octanol–water partition coefficient (Wildman–Crippen LogP) is 1.75. The third kappa shape index (κ3) is 2.11. The van der Waals surface area contributed by atoms with E-state index in [1.165, 1.54) is 13.2 Å². The van der Waals surface area contributed by atoms with Crippen molar-refractivity contribution in [2.75, 3.05) is 7.11 Å². The Labute approximate surface area is 92.9 Å². The van der Waals surface area contributed by atoms with Crippen molar-refractivity contribution in [2.45, 2.75) is 6.92 Å². The largest absolute Gasteiger partial charge is 0.481 e. The van der Waals surface area contributed by atoms with Crippen molar-refractivity contribution in [3.63, 3.8) is 0 Å². The maximum Gasteiger partial charge on any atom is 0.254 e. The normalized spacial score (nSPS) is 10.1. The zero-order chi connectivity index (χ0) is 11.5. The highest BCUT2D eigenvalue weighted by Crippen LogP contribution is 2.15. The molecule has 2 rings (SSSR count). The van der Waals surface area contributed by atoms with Gasteiger partial charge in [-0.2, -0.15) is 4.98 Å². The molecule has 0 saturated heterocycles. The number of H-pyrrole nitrogens is 1. The van der Waals surface area contributed by atoms with Crippen LogP contribution in [0.1, 0.15) is 5.56 Å². The van der Waals surface area contributed by atoms with Crippen LogP contribution in [0.15, 0.2) is 35.1 Å². The van der Waals surface area contributed by atoms with Crippen LogP contribution in [0.3, 0.4) is 0 Å². The average Bonchev–Trinajstić information content (AvgIpc) is 2.29. The summed E-state index contributed by atoms with van der Waals surface area (Å²) >= 11 is 0. The highest BCUT2D eigenvalue weighted by molar-refractivity contribution is 5.55. The first kappa shape index (κ1) is 10.4. The third-order valence-corrected chi connectivity index (χ3v) is 2.25. The molecule has 0 unspecified atom stereocenters. The molecule has 4 nitrogen and oxygen atoms in total. The van der Waals surface area contributed by atoms with Crippen molar-refractivity contribution in [2.24, 2.45) is 0 Å². The topological polar surface area (TPSA) is 55.0 Å². The van der Waals surface area contributed by atoms with E-state index in [0.717, 1.165) is 11.1 Å². The summed E-state index contributed by atoms with van der Waals surface area (Å²) in [6.07, 6.45) is 0. The second-order valence-electron chi connectivity index (χ2n) is 3.50. The number of aromatic nitrogens is 2. The van der Waals surface area contributed by atoms with Crippen molar-refractivity contribution in [1.29, 1.82) is 0 Å². The number of hydrogen-bond acceptors (Lipinski definition) is 3. The lowest BCUT2D eigenvalue weighted by atomic mass is 10.1. The van der Waals surface area contributed by atoms with Crippen LogP contribution in [-0.4, -0.2) is 17.1 Å². The zero-order valence-electron chi connectivity index (χ0n) is 9.15. The summed E-state index contributed by atoms with van der Waals surface area (Å²) in [5.74, 6) is 0.837. The van der Waals surface area contributed by atoms with Gasteiger partial charge < -0.3 is 9.72 Å². The molecule has 0 aliphatic rings. The number of ether oxygens (including phenoxy) is 1. The number of rotatable bonds is 2. The molecule has 0 aliphatic heterocycles. The second-order valence-corrected chi connectivity index (χ2v) is 3.50. The van der Waals surface area contributed by atoms with Gasteiger partial charge in [0.15, 0.2) is 0 Å². The molecule has 0 fully saturated rings. The first-order chi connectivity index (χ1) is 7.69. The minimum Gasteiger partial charge on any atom is -0.481 e. The van der Waals surface area contributed by atoms with Crippen LogP contribution in [0.5, 0.6) is 5.88 Å². The lowest BCUT2D eigenvalue weighted by Gasteiger charge is -2.03. The van der Waals surface area contributed by atoms with E-state index in [1.54, 1.807) is 0 Å². The summed E-state index contributed by atoms with van der Waals surface area (Å²) in [6, 6.07) is 9.07. The van der Waals surface area contributed by atoms with Gasteiger partial charge in [-0.3, -0.25) is 4.79 Å². The Morgan fingerprint density at radius 2 is 1.94 bits per heavy atom. The standard InChI is InChI=1S/C12H12N2O2/c1-8-3-5-9(6-4-8)12-13-10(15)7-11(14-12)16-2/h3-7H,1-2H3,(H,13,14,15). The van der Waals surface area contributed by atoms with E-state index in [0.29, 0.717) is 11.7 Å². The Balaban J connectivity index is 2.51. The molecule has 0 amide bonds. The van der Waals surface area contributed by atoms with E-state index in [4.69, 9.17) is 4.74 Å². The molecule has 0 saturated carbocycles. The van der Waals surface area contributed by atoms with Gasteiger partial charge in [0.25, 0.3) is 5.56 Å². The molecule has 2 aromatic rings. The van der Waals surface area contributed by atoms with Gasteiger partial charge >= 0.3 is 0 Å². The predicted molar refractivity (Wildman–Crippen MR) is 61.6 cm³/mol. The second kappa shape index (κ2) is 4.18. The molecule has 82 valence electrons. The summed E-state index contributed by atoms with van der Waals surface area (Å²) in [4.78, 5) is 18.2. The molecule has 0 spiro atoms. The minimum absolute atomic E-state index is 0.220. The van der Waals surface area contributed by atoms with E-state index in [9.17, 15) is 4.79 Å². The molecule has 0 radical (unpaired) electrons. The van der Waals surface area contributed by atoms with E-state index < -0.39 is 0 Å². The number of aromatic amines is 1. The molecule has 1 heterocycles. The van der Waals surface area contributed by atoms with Crippen molar-refractivity contribution in [1.82, 2.24) is 9.97 Å². The van der Waals surface area contributed by atoms with Crippen LogP contribution in [0.25, 0.3) is 11.4 Å². The fraction of sp³-hybridized carbons (Fsp3) is 0.167. The van der Waals surface area contributed by atoms with Crippen LogP contribution in [-0.2, 0) is 0 Å². The number of benzene rings is 1. The maximum absolute atomic E-state index is 11.3. The van der Waals surface area contributed by atoms with Crippen LogP contribution >= 0.6 is 0 Å². The molecule has 0 aliphatic carbocycles. The fourth-order valence-corrected chi connectivity index (χ4v) is 1.39. The first-order valence-electron chi connectivity index (χ1n) is 4.91. The van der Waals surface area contributed by atoms with Gasteiger partial charge in [0, 0.05) is 5.56 Å². The highest BCUT2D eigenvalue weighted by Gasteiger charge is 2.03. The Morgan fingerprint density at radius 1 is 1.25 bits per heavy atom. The Kier molecular flexibility index (Phi) is 2.72. The summed E-state index contributed by atoms with van der Waals surface area (Å²) in [5.41, 5.74) is 1.80. The Bertz CT molecular complexity index is 544. The quantitative estimate of drug-likeness (QED) is 0.832. The number of aryl methyl sites for hydroxylation is 1. The lowest BCUT2D eigenvalue weighted by Crippen LogP contribution is -2.08. The smallest absolute Gasteiger partial charge is 0.254 e. The van der Waals surface area contributed by atoms with E-state index in [-0.39, 0.29) is 5.56 Å². The monoisotopic (exact) mass is 216 g/mol. The molecule has 0 atom stereocenters. The third-order valence-electron chi connectivity index (χ3n) is 2.25. The van der Waals surface area contributed by atoms with Crippen LogP contribution in [0, 0.1) is 6.92 Å². The van der Waals surface area contributed by atoms with Crippen LogP contribution in [0.4, 0.5) is 0 Å². The Morgan fingerprint density at radius 3 is 2.56 bits per heavy atom. The van der Waals surface area contributed by atoms with Crippen LogP contribution in [0.2, 0.25) is 0 Å². The van der Waals surface area contributed by atoms with Gasteiger partial charge in [0.1, 0.15) is 5.82 Å². The van der Waals surface area contributed by atoms with Gasteiger partial charge in [0.05, 0.1) is 13.2 Å². The summed E-state index contributed by atoms with van der Waals surface area (Å²) < 4.78 is 4.95. The van der Waals surface area contributed by atoms with Crippen molar-refractivity contribution < 1.29 is 4.74 Å². The number of nitrogens with one attached hydrogen (secondary N) is 1. The molecular formula is C12H12N2O2. The Hall–Kier alpha value is -2.10. The molecular weight excluding hydrogens is 204 g/mol. The summed E-state index contributed by atoms with van der Waals surface area (Å²) in [5, 5.41) is 0. The van der Waals surface area contributed by atoms with Gasteiger partial charge in [-0.05, 0) is 6.92 Å². The maximum atomic E-state index is 11.3. The SMILES string of the molecule is COc1cc(=O)[nH]c(-c2ccc(C)cc2)n1. The van der Waals surface area contributed by atoms with E-state index in [1.807, 2.05) is 31.2 Å². The zero-order valence-corrected chi connectivity index (χ0v) is 9.15. The summed E-state index contributed by atoms with van der Waals surface area (Å²) in [7, 11) is 1.49. The molecule has 1 aromatic carbocycles. The van der Waals surface area contributed by atoms with Gasteiger partial charge in [-0.15, -0.1) is 0 Å². The highest BCUT2D eigenvalue weighted by atomic mass is 16.5. The molecule has 0 bridgehead atoms. The molecule has 1 N–H and O–H groups in total. The van der Waals surface area contributed by atoms with E-state index in [2.05, 4.69) is 9.97 Å². The number of methoxy groups -OCH3 is 1. The van der Waals surface area contributed by atoms with Crippen LogP contribution < -0.4 is 10.3 Å². The molecule has 16 heavy (non-hydrogen) atoms. The van der Waals surface area contributed by atoms with Gasteiger partial charge in [-0.1, -0.05) is 29.8 Å². The fourth-order valence-electron chi connectivity index (χ4n) is 1.39. The average molecular weight is 216 g/mol. The number of nitrogens with zero attached hydrogens (tertiary/aromatic N) is 1. The lowest BCUT2D eigenvalue weighted by molar-refractivity contribution is 0.397. The first-order valence-corrected chi connectivity index (χ1v) is 4.91.